The zero-order chi connectivity index (χ0) is 14.0. The number of halogens is 1. The van der Waals surface area contributed by atoms with Crippen LogP contribution in [0.2, 0.25) is 0 Å². The zero-order valence-electron chi connectivity index (χ0n) is 12.0. The van der Waals surface area contributed by atoms with E-state index in [-0.39, 0.29) is 10.8 Å². The van der Waals surface area contributed by atoms with E-state index >= 15 is 0 Å². The third-order valence-corrected chi connectivity index (χ3v) is 4.42. The molecule has 0 radical (unpaired) electrons. The van der Waals surface area contributed by atoms with Gasteiger partial charge in [-0.05, 0) is 36.0 Å². The number of aryl methyl sites for hydroxylation is 1. The molecule has 1 nitrogen and oxygen atoms in total. The fraction of sp³-hybridized carbons (Fsp3) is 0.412. The Bertz CT molecular complexity index is 537. The van der Waals surface area contributed by atoms with Crippen molar-refractivity contribution in [2.45, 2.75) is 44.9 Å². The first-order valence-corrected chi connectivity index (χ1v) is 7.17. The van der Waals surface area contributed by atoms with Gasteiger partial charge in [-0.25, -0.2) is 0 Å². The van der Waals surface area contributed by atoms with Crippen LogP contribution in [0, 0.1) is 6.92 Å². The predicted molar refractivity (Wildman–Crippen MR) is 80.9 cm³/mol. The Morgan fingerprint density at radius 2 is 1.79 bits per heavy atom. The Kier molecular flexibility index (Phi) is 4.05. The summed E-state index contributed by atoms with van der Waals surface area (Å²) in [5.74, 6) is 0.893. The first-order chi connectivity index (χ1) is 8.94. The second-order valence-corrected chi connectivity index (χ2v) is 6.15. The molecule has 0 spiro atoms. The van der Waals surface area contributed by atoms with Crippen molar-refractivity contribution in [1.82, 2.24) is 0 Å². The first-order valence-electron chi connectivity index (χ1n) is 6.73. The number of rotatable bonds is 4. The van der Waals surface area contributed by atoms with E-state index in [0.29, 0.717) is 0 Å². The molecule has 0 N–H and O–H groups in total. The summed E-state index contributed by atoms with van der Waals surface area (Å²) in [6.45, 7) is 8.67. The maximum absolute atomic E-state index is 6.49. The van der Waals surface area contributed by atoms with Gasteiger partial charge in [-0.3, -0.25) is 0 Å². The van der Waals surface area contributed by atoms with Crippen molar-refractivity contribution < 1.29 is 4.42 Å². The minimum absolute atomic E-state index is 0.142. The highest BCUT2D eigenvalue weighted by Gasteiger charge is 2.19. The summed E-state index contributed by atoms with van der Waals surface area (Å²) in [6.07, 6.45) is 2.86. The fourth-order valence-corrected chi connectivity index (χ4v) is 2.36. The van der Waals surface area contributed by atoms with E-state index in [1.807, 2.05) is 13.0 Å². The fourth-order valence-electron chi connectivity index (χ4n) is 2.10. The van der Waals surface area contributed by atoms with Gasteiger partial charge >= 0.3 is 0 Å². The third kappa shape index (κ3) is 3.03. The van der Waals surface area contributed by atoms with Gasteiger partial charge in [0.2, 0.25) is 0 Å². The summed E-state index contributed by atoms with van der Waals surface area (Å²) in [5, 5.41) is -0.142. The lowest BCUT2D eigenvalue weighted by Gasteiger charge is -2.23. The molecule has 102 valence electrons. The largest absolute Gasteiger partial charge is 0.469 e. The molecule has 0 saturated heterocycles. The molecule has 0 aliphatic carbocycles. The predicted octanol–water partition coefficient (Wildman–Crippen LogP) is 5.60. The van der Waals surface area contributed by atoms with Gasteiger partial charge in [-0.15, -0.1) is 11.6 Å². The third-order valence-electron chi connectivity index (χ3n) is 3.91. The molecule has 1 aromatic carbocycles. The van der Waals surface area contributed by atoms with E-state index in [1.54, 1.807) is 6.26 Å². The number of alkyl halides is 1. The zero-order valence-corrected chi connectivity index (χ0v) is 12.8. The van der Waals surface area contributed by atoms with Crippen molar-refractivity contribution in [2.24, 2.45) is 0 Å². The quantitative estimate of drug-likeness (QED) is 0.662. The van der Waals surface area contributed by atoms with Gasteiger partial charge in [0, 0.05) is 5.56 Å². The molecule has 1 aromatic heterocycles. The second-order valence-electron chi connectivity index (χ2n) is 5.71. The summed E-state index contributed by atoms with van der Waals surface area (Å²) in [4.78, 5) is 0. The number of hydrogen-bond donors (Lipinski definition) is 0. The smallest absolute Gasteiger partial charge is 0.101 e. The van der Waals surface area contributed by atoms with E-state index in [9.17, 15) is 0 Å². The maximum atomic E-state index is 6.49. The molecular formula is C17H21ClO. The van der Waals surface area contributed by atoms with Crippen LogP contribution in [0.5, 0.6) is 0 Å². The van der Waals surface area contributed by atoms with Gasteiger partial charge < -0.3 is 4.42 Å². The Morgan fingerprint density at radius 1 is 1.16 bits per heavy atom. The average Bonchev–Trinajstić information content (AvgIpc) is 2.85. The molecule has 0 aliphatic heterocycles. The van der Waals surface area contributed by atoms with Crippen molar-refractivity contribution in [1.29, 1.82) is 0 Å². The molecule has 0 saturated carbocycles. The summed E-state index contributed by atoms with van der Waals surface area (Å²) >= 11 is 6.49. The lowest BCUT2D eigenvalue weighted by atomic mass is 9.82. The van der Waals surface area contributed by atoms with Crippen LogP contribution in [0.4, 0.5) is 0 Å². The summed E-state index contributed by atoms with van der Waals surface area (Å²) in [6, 6.07) is 10.6. The van der Waals surface area contributed by atoms with Crippen molar-refractivity contribution in [2.75, 3.05) is 0 Å². The summed E-state index contributed by atoms with van der Waals surface area (Å²) in [7, 11) is 0. The van der Waals surface area contributed by atoms with Crippen LogP contribution in [0.15, 0.2) is 41.0 Å². The van der Waals surface area contributed by atoms with Gasteiger partial charge in [0.1, 0.15) is 5.76 Å². The van der Waals surface area contributed by atoms with Crippen molar-refractivity contribution in [3.05, 3.63) is 59.0 Å². The Balaban J connectivity index is 2.23. The lowest BCUT2D eigenvalue weighted by Crippen LogP contribution is -2.15. The van der Waals surface area contributed by atoms with Gasteiger partial charge in [0.05, 0.1) is 11.6 Å². The number of benzene rings is 1. The monoisotopic (exact) mass is 276 g/mol. The molecule has 0 fully saturated rings. The molecule has 2 aromatic rings. The Morgan fingerprint density at radius 3 is 2.26 bits per heavy atom. The molecule has 0 amide bonds. The lowest BCUT2D eigenvalue weighted by molar-refractivity contribution is 0.506. The number of furan rings is 1. The van der Waals surface area contributed by atoms with Crippen molar-refractivity contribution >= 4 is 11.6 Å². The van der Waals surface area contributed by atoms with E-state index in [4.69, 9.17) is 16.0 Å². The van der Waals surface area contributed by atoms with Crippen LogP contribution in [0.25, 0.3) is 0 Å². The van der Waals surface area contributed by atoms with Crippen LogP contribution in [0.3, 0.4) is 0 Å². The molecule has 1 unspecified atom stereocenters. The normalized spacial score (nSPS) is 13.5. The van der Waals surface area contributed by atoms with Crippen LogP contribution in [-0.2, 0) is 5.41 Å². The highest BCUT2D eigenvalue weighted by Crippen LogP contribution is 2.32. The molecule has 19 heavy (non-hydrogen) atoms. The SMILES string of the molecule is CCC(C)(C)c1ccc(C(Cl)c2coc(C)c2)cc1. The van der Waals surface area contributed by atoms with Crippen LogP contribution in [-0.4, -0.2) is 0 Å². The Labute approximate surface area is 120 Å². The van der Waals surface area contributed by atoms with Crippen LogP contribution >= 0.6 is 11.6 Å². The highest BCUT2D eigenvalue weighted by molar-refractivity contribution is 6.22. The van der Waals surface area contributed by atoms with E-state index in [0.717, 1.165) is 23.3 Å². The topological polar surface area (TPSA) is 13.1 Å². The number of hydrogen-bond acceptors (Lipinski definition) is 1. The molecule has 0 aliphatic rings. The molecule has 0 bridgehead atoms. The van der Waals surface area contributed by atoms with E-state index < -0.39 is 0 Å². The first kappa shape index (κ1) is 14.2. The molecule has 1 heterocycles. The molecule has 1 atom stereocenters. The van der Waals surface area contributed by atoms with Crippen LogP contribution < -0.4 is 0 Å². The minimum Gasteiger partial charge on any atom is -0.469 e. The summed E-state index contributed by atoms with van der Waals surface area (Å²) in [5.41, 5.74) is 3.69. The van der Waals surface area contributed by atoms with E-state index in [2.05, 4.69) is 45.0 Å². The highest BCUT2D eigenvalue weighted by atomic mass is 35.5. The van der Waals surface area contributed by atoms with Crippen molar-refractivity contribution in [3.63, 3.8) is 0 Å². The summed E-state index contributed by atoms with van der Waals surface area (Å²) < 4.78 is 5.32. The molecular weight excluding hydrogens is 256 g/mol. The van der Waals surface area contributed by atoms with E-state index in [1.165, 1.54) is 5.56 Å². The minimum atomic E-state index is -0.142. The van der Waals surface area contributed by atoms with Crippen molar-refractivity contribution in [3.8, 4) is 0 Å². The van der Waals surface area contributed by atoms with Crippen LogP contribution in [0.1, 0.15) is 55.0 Å². The van der Waals surface area contributed by atoms with Gasteiger partial charge in [0.15, 0.2) is 0 Å². The van der Waals surface area contributed by atoms with Gasteiger partial charge in [-0.1, -0.05) is 45.0 Å². The Hall–Kier alpha value is -1.21. The van der Waals surface area contributed by atoms with Gasteiger partial charge in [-0.2, -0.15) is 0 Å². The average molecular weight is 277 g/mol. The maximum Gasteiger partial charge on any atom is 0.101 e. The second kappa shape index (κ2) is 5.42. The van der Waals surface area contributed by atoms with Gasteiger partial charge in [0.25, 0.3) is 0 Å². The molecule has 2 heteroatoms. The standard InChI is InChI=1S/C17H21ClO/c1-5-17(3,4)15-8-6-13(7-9-15)16(18)14-10-12(2)19-11-14/h6-11,16H,5H2,1-4H3. The molecule has 2 rings (SSSR count).